The van der Waals surface area contributed by atoms with Crippen LogP contribution in [0, 0.1) is 0 Å². The Morgan fingerprint density at radius 2 is 2.39 bits per heavy atom. The van der Waals surface area contributed by atoms with E-state index in [1.54, 1.807) is 24.4 Å². The average Bonchev–Trinajstić information content (AvgIpc) is 2.94. The number of aliphatic imine (C=N–C) groups is 1. The lowest BCUT2D eigenvalue weighted by atomic mass is 10.3. The van der Waals surface area contributed by atoms with Gasteiger partial charge >= 0.3 is 0 Å². The first kappa shape index (κ1) is 11.9. The molecule has 0 unspecified atom stereocenters. The second-order valence-corrected chi connectivity index (χ2v) is 3.67. The molecule has 0 spiro atoms. The predicted octanol–water partition coefficient (Wildman–Crippen LogP) is -0.537. The van der Waals surface area contributed by atoms with Crippen LogP contribution in [0.4, 0.5) is 0 Å². The van der Waals surface area contributed by atoms with Gasteiger partial charge in [0.2, 0.25) is 5.96 Å². The summed E-state index contributed by atoms with van der Waals surface area (Å²) < 4.78 is 0. The number of aromatic nitrogens is 1. The van der Waals surface area contributed by atoms with E-state index >= 15 is 0 Å². The van der Waals surface area contributed by atoms with Crippen LogP contribution in [0.5, 0.6) is 0 Å². The zero-order valence-corrected chi connectivity index (χ0v) is 9.56. The Labute approximate surface area is 103 Å². The molecule has 7 heteroatoms. The van der Waals surface area contributed by atoms with Crippen molar-refractivity contribution in [3.8, 4) is 0 Å². The van der Waals surface area contributed by atoms with E-state index < -0.39 is 0 Å². The Hall–Kier alpha value is -2.57. The van der Waals surface area contributed by atoms with E-state index in [1.807, 2.05) is 0 Å². The van der Waals surface area contributed by atoms with Gasteiger partial charge < -0.3 is 16.0 Å². The summed E-state index contributed by atoms with van der Waals surface area (Å²) in [4.78, 5) is 29.4. The van der Waals surface area contributed by atoms with Crippen LogP contribution in [0.25, 0.3) is 0 Å². The molecule has 18 heavy (non-hydrogen) atoms. The Morgan fingerprint density at radius 1 is 1.56 bits per heavy atom. The van der Waals surface area contributed by atoms with Crippen molar-refractivity contribution in [2.45, 2.75) is 6.42 Å². The molecule has 1 aromatic rings. The number of aromatic amines is 1. The molecule has 1 aliphatic rings. The highest BCUT2D eigenvalue weighted by Crippen LogP contribution is 2.03. The molecule has 2 amide bonds. The van der Waals surface area contributed by atoms with Crippen LogP contribution in [-0.2, 0) is 4.79 Å². The van der Waals surface area contributed by atoms with Crippen molar-refractivity contribution in [3.05, 3.63) is 35.8 Å². The number of rotatable bonds is 4. The molecule has 0 aliphatic carbocycles. The maximum atomic E-state index is 11.5. The quantitative estimate of drug-likeness (QED) is 0.423. The van der Waals surface area contributed by atoms with Gasteiger partial charge in [0.05, 0.1) is 0 Å². The number of hydrogen-bond donors (Lipinski definition) is 4. The molecule has 0 radical (unpaired) electrons. The van der Waals surface area contributed by atoms with Crippen LogP contribution in [0.15, 0.2) is 35.1 Å². The lowest BCUT2D eigenvalue weighted by Gasteiger charge is -2.00. The van der Waals surface area contributed by atoms with E-state index in [4.69, 9.17) is 5.73 Å². The minimum Gasteiger partial charge on any atom is -0.369 e. The van der Waals surface area contributed by atoms with Crippen molar-refractivity contribution in [1.82, 2.24) is 15.6 Å². The van der Waals surface area contributed by atoms with Gasteiger partial charge in [0, 0.05) is 12.7 Å². The zero-order chi connectivity index (χ0) is 13.0. The number of nitrogens with zero attached hydrogens (tertiary/aromatic N) is 1. The minimum atomic E-state index is -0.316. The van der Waals surface area contributed by atoms with E-state index in [9.17, 15) is 9.59 Å². The molecule has 0 fully saturated rings. The van der Waals surface area contributed by atoms with Crippen LogP contribution >= 0.6 is 0 Å². The highest BCUT2D eigenvalue weighted by atomic mass is 16.2. The normalized spacial score (nSPS) is 16.6. The van der Waals surface area contributed by atoms with Gasteiger partial charge in [0.25, 0.3) is 11.8 Å². The van der Waals surface area contributed by atoms with E-state index in [0.29, 0.717) is 18.7 Å². The van der Waals surface area contributed by atoms with Gasteiger partial charge in [-0.05, 0) is 18.6 Å². The smallest absolute Gasteiger partial charge is 0.276 e. The molecule has 5 N–H and O–H groups in total. The number of hydrogen-bond acceptors (Lipinski definition) is 4. The summed E-state index contributed by atoms with van der Waals surface area (Å²) >= 11 is 0. The van der Waals surface area contributed by atoms with Crippen molar-refractivity contribution in [2.75, 3.05) is 6.54 Å². The van der Waals surface area contributed by atoms with Crippen molar-refractivity contribution >= 4 is 17.8 Å². The number of nitrogens with two attached hydrogens (primary N) is 1. The monoisotopic (exact) mass is 247 g/mol. The molecule has 2 rings (SSSR count). The number of nitrogens with one attached hydrogen (secondary N) is 3. The molecule has 0 atom stereocenters. The van der Waals surface area contributed by atoms with Crippen LogP contribution in [-0.4, -0.2) is 29.3 Å². The molecule has 7 nitrogen and oxygen atoms in total. The van der Waals surface area contributed by atoms with E-state index in [1.165, 1.54) is 0 Å². The predicted molar refractivity (Wildman–Crippen MR) is 65.6 cm³/mol. The largest absolute Gasteiger partial charge is 0.369 e. The van der Waals surface area contributed by atoms with Gasteiger partial charge in [-0.3, -0.25) is 14.9 Å². The van der Waals surface area contributed by atoms with Crippen molar-refractivity contribution < 1.29 is 9.59 Å². The highest BCUT2D eigenvalue weighted by Gasteiger charge is 2.16. The van der Waals surface area contributed by atoms with E-state index in [-0.39, 0.29) is 23.5 Å². The molecule has 1 aliphatic heterocycles. The number of carbonyl (C=O) groups is 2. The Kier molecular flexibility index (Phi) is 3.42. The topological polar surface area (TPSA) is 112 Å². The number of carbonyl (C=O) groups excluding carboxylic acids is 2. The number of amides is 2. The van der Waals surface area contributed by atoms with E-state index in [2.05, 4.69) is 20.6 Å². The first-order chi connectivity index (χ1) is 8.66. The second-order valence-electron chi connectivity index (χ2n) is 3.67. The molecule has 94 valence electrons. The average molecular weight is 247 g/mol. The van der Waals surface area contributed by atoms with Crippen LogP contribution in [0.2, 0.25) is 0 Å². The summed E-state index contributed by atoms with van der Waals surface area (Å²) in [5.41, 5.74) is 6.12. The summed E-state index contributed by atoms with van der Waals surface area (Å²) in [7, 11) is 0. The van der Waals surface area contributed by atoms with Gasteiger partial charge in [0.15, 0.2) is 0 Å². The fourth-order valence-corrected chi connectivity index (χ4v) is 1.49. The summed E-state index contributed by atoms with van der Waals surface area (Å²) in [6, 6.07) is 3.43. The molecule has 0 aromatic carbocycles. The third kappa shape index (κ3) is 2.76. The fourth-order valence-electron chi connectivity index (χ4n) is 1.49. The molecule has 0 saturated heterocycles. The SMILES string of the molecule is NC1=N/C(=C/CCNC(=O)c2ccc[nH]2)C(=O)N1. The number of H-pyrrole nitrogens is 1. The van der Waals surface area contributed by atoms with Crippen LogP contribution in [0.3, 0.4) is 0 Å². The molecule has 1 aromatic heterocycles. The third-order valence-electron chi connectivity index (χ3n) is 2.33. The van der Waals surface area contributed by atoms with Gasteiger partial charge in [-0.2, -0.15) is 0 Å². The fraction of sp³-hybridized carbons (Fsp3) is 0.182. The van der Waals surface area contributed by atoms with Crippen molar-refractivity contribution in [3.63, 3.8) is 0 Å². The first-order valence-corrected chi connectivity index (χ1v) is 5.44. The standard InChI is InChI=1S/C11H13N5O2/c12-11-15-8(10(18)16-11)4-2-6-14-9(17)7-3-1-5-13-7/h1,3-5,13H,2,6H2,(H,14,17)(H3,12,15,16,18)/b8-4+. The lowest BCUT2D eigenvalue weighted by molar-refractivity contribution is -0.115. The molecule has 0 bridgehead atoms. The van der Waals surface area contributed by atoms with Gasteiger partial charge in [-0.25, -0.2) is 4.99 Å². The third-order valence-corrected chi connectivity index (χ3v) is 2.33. The summed E-state index contributed by atoms with van der Waals surface area (Å²) in [6.45, 7) is 0.421. The maximum absolute atomic E-state index is 11.5. The Bertz CT molecular complexity index is 516. The van der Waals surface area contributed by atoms with Gasteiger partial charge in [0.1, 0.15) is 11.4 Å². The Balaban J connectivity index is 1.78. The zero-order valence-electron chi connectivity index (χ0n) is 9.56. The maximum Gasteiger partial charge on any atom is 0.276 e. The molecule has 2 heterocycles. The van der Waals surface area contributed by atoms with E-state index in [0.717, 1.165) is 0 Å². The van der Waals surface area contributed by atoms with Crippen molar-refractivity contribution in [1.29, 1.82) is 0 Å². The summed E-state index contributed by atoms with van der Waals surface area (Å²) in [5.74, 6) is -0.401. The molecule has 0 saturated carbocycles. The van der Waals surface area contributed by atoms with Gasteiger partial charge in [-0.1, -0.05) is 6.08 Å². The summed E-state index contributed by atoms with van der Waals surface area (Å²) in [6.07, 6.45) is 3.81. The van der Waals surface area contributed by atoms with Gasteiger partial charge in [-0.15, -0.1) is 0 Å². The second kappa shape index (κ2) is 5.17. The number of guanidine groups is 1. The van der Waals surface area contributed by atoms with Crippen LogP contribution in [0.1, 0.15) is 16.9 Å². The summed E-state index contributed by atoms with van der Waals surface area (Å²) in [5, 5.41) is 5.08. The Morgan fingerprint density at radius 3 is 3.00 bits per heavy atom. The minimum absolute atomic E-state index is 0.0988. The van der Waals surface area contributed by atoms with Crippen molar-refractivity contribution in [2.24, 2.45) is 10.7 Å². The lowest BCUT2D eigenvalue weighted by Crippen LogP contribution is -2.30. The molecular formula is C11H13N5O2. The first-order valence-electron chi connectivity index (χ1n) is 5.44. The highest BCUT2D eigenvalue weighted by molar-refractivity contribution is 6.10. The van der Waals surface area contributed by atoms with Crippen LogP contribution < -0.4 is 16.4 Å². The molecular weight excluding hydrogens is 234 g/mol.